The lowest BCUT2D eigenvalue weighted by Crippen LogP contribution is -2.38. The molecule has 2 aromatic rings. The highest BCUT2D eigenvalue weighted by Crippen LogP contribution is 2.40. The molecule has 0 saturated heterocycles. The second-order valence-corrected chi connectivity index (χ2v) is 5.54. The number of urea groups is 1. The molecule has 0 radical (unpaired) electrons. The van der Waals surface area contributed by atoms with E-state index in [0.29, 0.717) is 12.5 Å². The van der Waals surface area contributed by atoms with Gasteiger partial charge in [0, 0.05) is 6.54 Å². The molecule has 1 fully saturated rings. The first kappa shape index (κ1) is 13.7. The monoisotopic (exact) mass is 280 g/mol. The summed E-state index contributed by atoms with van der Waals surface area (Å²) in [4.78, 5) is 12.1. The first-order valence-corrected chi connectivity index (χ1v) is 7.46. The number of nitrogens with one attached hydrogen (secondary N) is 2. The van der Waals surface area contributed by atoms with E-state index in [1.54, 1.807) is 0 Å². The summed E-state index contributed by atoms with van der Waals surface area (Å²) in [7, 11) is 0. The average Bonchev–Trinajstić information content (AvgIpc) is 3.37. The summed E-state index contributed by atoms with van der Waals surface area (Å²) in [6.45, 7) is 0.554. The van der Waals surface area contributed by atoms with Crippen LogP contribution in [0.4, 0.5) is 4.79 Å². The van der Waals surface area contributed by atoms with E-state index < -0.39 is 0 Å². The van der Waals surface area contributed by atoms with Crippen LogP contribution in [0.1, 0.15) is 30.0 Å². The predicted octanol–water partition coefficient (Wildman–Crippen LogP) is 3.64. The lowest BCUT2D eigenvalue weighted by Gasteiger charge is -2.19. The maximum atomic E-state index is 12.1. The lowest BCUT2D eigenvalue weighted by atomic mass is 10.0. The van der Waals surface area contributed by atoms with E-state index in [-0.39, 0.29) is 12.1 Å². The minimum Gasteiger partial charge on any atom is -0.334 e. The zero-order valence-corrected chi connectivity index (χ0v) is 12.0. The van der Waals surface area contributed by atoms with Gasteiger partial charge in [0.15, 0.2) is 0 Å². The molecule has 21 heavy (non-hydrogen) atoms. The highest BCUT2D eigenvalue weighted by molar-refractivity contribution is 5.74. The number of amides is 2. The average molecular weight is 280 g/mol. The van der Waals surface area contributed by atoms with E-state index in [1.807, 2.05) is 48.5 Å². The molecule has 1 aliphatic rings. The van der Waals surface area contributed by atoms with Crippen molar-refractivity contribution in [2.75, 3.05) is 0 Å². The quantitative estimate of drug-likeness (QED) is 0.862. The van der Waals surface area contributed by atoms with Crippen LogP contribution < -0.4 is 10.6 Å². The molecule has 3 rings (SSSR count). The third-order valence-corrected chi connectivity index (χ3v) is 3.83. The minimum absolute atomic E-state index is 0.0976. The smallest absolute Gasteiger partial charge is 0.315 e. The van der Waals surface area contributed by atoms with Crippen molar-refractivity contribution in [2.45, 2.75) is 25.4 Å². The van der Waals surface area contributed by atoms with E-state index >= 15 is 0 Å². The number of carbonyl (C=O) groups is 1. The topological polar surface area (TPSA) is 41.1 Å². The number of rotatable bonds is 5. The molecule has 0 heterocycles. The zero-order valence-electron chi connectivity index (χ0n) is 12.0. The Morgan fingerprint density at radius 1 is 1.00 bits per heavy atom. The highest BCUT2D eigenvalue weighted by Gasteiger charge is 2.33. The summed E-state index contributed by atoms with van der Waals surface area (Å²) < 4.78 is 0. The SMILES string of the molecule is O=C(NCc1ccccc1)NC(c1ccccc1)C1CC1. The van der Waals surface area contributed by atoms with Gasteiger partial charge in [0.2, 0.25) is 0 Å². The van der Waals surface area contributed by atoms with Crippen molar-refractivity contribution >= 4 is 6.03 Å². The van der Waals surface area contributed by atoms with Gasteiger partial charge in [0.1, 0.15) is 0 Å². The summed E-state index contributed by atoms with van der Waals surface area (Å²) in [5, 5.41) is 6.05. The fourth-order valence-electron chi connectivity index (χ4n) is 2.53. The van der Waals surface area contributed by atoms with Crippen LogP contribution in [-0.4, -0.2) is 6.03 Å². The summed E-state index contributed by atoms with van der Waals surface area (Å²) >= 11 is 0. The van der Waals surface area contributed by atoms with Gasteiger partial charge in [0.05, 0.1) is 6.04 Å². The van der Waals surface area contributed by atoms with Crippen LogP contribution in [0.15, 0.2) is 60.7 Å². The van der Waals surface area contributed by atoms with Gasteiger partial charge in [-0.3, -0.25) is 0 Å². The third kappa shape index (κ3) is 3.85. The Labute approximate surface area is 125 Å². The van der Waals surface area contributed by atoms with Crippen LogP contribution in [-0.2, 0) is 6.54 Å². The second-order valence-electron chi connectivity index (χ2n) is 5.54. The Morgan fingerprint density at radius 2 is 1.62 bits per heavy atom. The van der Waals surface area contributed by atoms with Gasteiger partial charge < -0.3 is 10.6 Å². The van der Waals surface area contributed by atoms with Crippen LogP contribution in [0.3, 0.4) is 0 Å². The summed E-state index contributed by atoms with van der Waals surface area (Å²) in [6, 6.07) is 20.2. The standard InChI is InChI=1S/C18H20N2O/c21-18(19-13-14-7-3-1-4-8-14)20-17(16-11-12-16)15-9-5-2-6-10-15/h1-10,16-17H,11-13H2,(H2,19,20,21). The Morgan fingerprint density at radius 3 is 2.24 bits per heavy atom. The van der Waals surface area contributed by atoms with Crippen molar-refractivity contribution in [1.82, 2.24) is 10.6 Å². The Bertz CT molecular complexity index is 579. The van der Waals surface area contributed by atoms with Gasteiger partial charge in [0.25, 0.3) is 0 Å². The summed E-state index contributed by atoms with van der Waals surface area (Å²) in [5.41, 5.74) is 2.30. The van der Waals surface area contributed by atoms with Gasteiger partial charge in [-0.05, 0) is 29.9 Å². The molecule has 2 N–H and O–H groups in total. The Hall–Kier alpha value is -2.29. The van der Waals surface area contributed by atoms with Crippen molar-refractivity contribution < 1.29 is 4.79 Å². The van der Waals surface area contributed by atoms with Crippen LogP contribution in [0, 0.1) is 5.92 Å². The number of hydrogen-bond donors (Lipinski definition) is 2. The second kappa shape index (κ2) is 6.44. The maximum Gasteiger partial charge on any atom is 0.315 e. The van der Waals surface area contributed by atoms with Crippen LogP contribution in [0.5, 0.6) is 0 Å². The molecular weight excluding hydrogens is 260 g/mol. The van der Waals surface area contributed by atoms with Crippen LogP contribution in [0.2, 0.25) is 0 Å². The van der Waals surface area contributed by atoms with E-state index in [9.17, 15) is 4.79 Å². The normalized spacial score (nSPS) is 15.2. The van der Waals surface area contributed by atoms with Gasteiger partial charge >= 0.3 is 6.03 Å². The third-order valence-electron chi connectivity index (χ3n) is 3.83. The van der Waals surface area contributed by atoms with Crippen molar-refractivity contribution in [3.8, 4) is 0 Å². The van der Waals surface area contributed by atoms with Gasteiger partial charge in [-0.1, -0.05) is 60.7 Å². The summed E-state index contributed by atoms with van der Waals surface area (Å²) in [5.74, 6) is 0.579. The van der Waals surface area contributed by atoms with E-state index in [2.05, 4.69) is 22.8 Å². The number of hydrogen-bond acceptors (Lipinski definition) is 1. The molecule has 0 aliphatic heterocycles. The molecule has 1 aliphatic carbocycles. The molecule has 2 aromatic carbocycles. The molecule has 3 nitrogen and oxygen atoms in total. The Balaban J connectivity index is 1.57. The molecule has 108 valence electrons. The molecule has 1 unspecified atom stereocenters. The largest absolute Gasteiger partial charge is 0.334 e. The highest BCUT2D eigenvalue weighted by atomic mass is 16.2. The minimum atomic E-state index is -0.0976. The zero-order chi connectivity index (χ0) is 14.5. The molecule has 0 bridgehead atoms. The molecule has 0 spiro atoms. The molecular formula is C18H20N2O. The van der Waals surface area contributed by atoms with Crippen molar-refractivity contribution in [2.24, 2.45) is 5.92 Å². The molecule has 3 heteroatoms. The lowest BCUT2D eigenvalue weighted by molar-refractivity contribution is 0.235. The van der Waals surface area contributed by atoms with E-state index in [1.165, 1.54) is 18.4 Å². The van der Waals surface area contributed by atoms with E-state index in [4.69, 9.17) is 0 Å². The van der Waals surface area contributed by atoms with Crippen molar-refractivity contribution in [1.29, 1.82) is 0 Å². The fourth-order valence-corrected chi connectivity index (χ4v) is 2.53. The summed E-state index contributed by atoms with van der Waals surface area (Å²) in [6.07, 6.45) is 2.39. The van der Waals surface area contributed by atoms with Gasteiger partial charge in [-0.25, -0.2) is 4.79 Å². The van der Waals surface area contributed by atoms with Crippen LogP contribution >= 0.6 is 0 Å². The van der Waals surface area contributed by atoms with Gasteiger partial charge in [-0.15, -0.1) is 0 Å². The van der Waals surface area contributed by atoms with E-state index in [0.717, 1.165) is 5.56 Å². The number of carbonyl (C=O) groups excluding carboxylic acids is 1. The molecule has 1 atom stereocenters. The molecule has 2 amide bonds. The van der Waals surface area contributed by atoms with Crippen molar-refractivity contribution in [3.63, 3.8) is 0 Å². The van der Waals surface area contributed by atoms with Crippen molar-refractivity contribution in [3.05, 3.63) is 71.8 Å². The molecule has 0 aromatic heterocycles. The fraction of sp³-hybridized carbons (Fsp3) is 0.278. The first-order valence-electron chi connectivity index (χ1n) is 7.46. The van der Waals surface area contributed by atoms with Crippen LogP contribution in [0.25, 0.3) is 0 Å². The predicted molar refractivity (Wildman–Crippen MR) is 83.7 cm³/mol. The first-order chi connectivity index (χ1) is 10.3. The maximum absolute atomic E-state index is 12.1. The van der Waals surface area contributed by atoms with Gasteiger partial charge in [-0.2, -0.15) is 0 Å². The Kier molecular flexibility index (Phi) is 4.20. The number of benzene rings is 2. The molecule has 1 saturated carbocycles.